The molecule has 142 valence electrons. The summed E-state index contributed by atoms with van der Waals surface area (Å²) in [4.78, 5) is 0. The molecule has 2 aromatic carbocycles. The second-order valence-corrected chi connectivity index (χ2v) is 8.96. The smallest absolute Gasteiger partial charge is 0.306 e. The van der Waals surface area contributed by atoms with Gasteiger partial charge in [0.05, 0.1) is 5.75 Å². The average molecular weight is 386 g/mol. The Morgan fingerprint density at radius 3 is 2.48 bits per heavy atom. The molecule has 0 amide bonds. The predicted molar refractivity (Wildman–Crippen MR) is 110 cm³/mol. The molecular weight excluding hydrogens is 360 g/mol. The van der Waals surface area contributed by atoms with Crippen molar-refractivity contribution >= 4 is 15.7 Å². The van der Waals surface area contributed by atoms with Gasteiger partial charge in [-0.25, -0.2) is 0 Å². The Morgan fingerprint density at radius 1 is 1.11 bits per heavy atom. The molecule has 5 nitrogen and oxygen atoms in total. The summed E-state index contributed by atoms with van der Waals surface area (Å²) in [5, 5.41) is 0. The maximum atomic E-state index is 13.0. The number of nitrogens with zero attached hydrogens (tertiary/aromatic N) is 1. The van der Waals surface area contributed by atoms with Crippen LogP contribution in [0.3, 0.4) is 0 Å². The maximum Gasteiger partial charge on any atom is 0.306 e. The van der Waals surface area contributed by atoms with Crippen LogP contribution in [0.15, 0.2) is 72.5 Å². The molecule has 6 heteroatoms. The summed E-state index contributed by atoms with van der Waals surface area (Å²) in [6, 6.07) is 15.0. The van der Waals surface area contributed by atoms with Gasteiger partial charge in [0.25, 0.3) is 0 Å². The van der Waals surface area contributed by atoms with Gasteiger partial charge in [-0.3, -0.25) is 0 Å². The lowest BCUT2D eigenvalue weighted by Gasteiger charge is -2.34. The minimum absolute atomic E-state index is 0.0384. The molecule has 1 atom stereocenters. The minimum Gasteiger partial charge on any atom is -0.457 e. The lowest BCUT2D eigenvalue weighted by Crippen LogP contribution is -2.51. The Morgan fingerprint density at radius 2 is 1.85 bits per heavy atom. The lowest BCUT2D eigenvalue weighted by atomic mass is 10.2. The van der Waals surface area contributed by atoms with Crippen molar-refractivity contribution in [1.82, 2.24) is 3.89 Å². The van der Waals surface area contributed by atoms with Crippen molar-refractivity contribution in [1.29, 1.82) is 0 Å². The van der Waals surface area contributed by atoms with Gasteiger partial charge in [0.1, 0.15) is 24.2 Å². The summed E-state index contributed by atoms with van der Waals surface area (Å²) in [6.07, 6.45) is 5.50. The highest BCUT2D eigenvalue weighted by Gasteiger charge is 2.42. The van der Waals surface area contributed by atoms with E-state index in [0.717, 1.165) is 16.9 Å². The van der Waals surface area contributed by atoms with Gasteiger partial charge in [-0.1, -0.05) is 18.2 Å². The Bertz CT molecular complexity index is 979. The molecule has 0 aromatic heterocycles. The minimum atomic E-state index is -3.44. The van der Waals surface area contributed by atoms with E-state index in [1.807, 2.05) is 55.5 Å². The van der Waals surface area contributed by atoms with Gasteiger partial charge >= 0.3 is 10.0 Å². The van der Waals surface area contributed by atoms with Gasteiger partial charge in [0, 0.05) is 24.3 Å². The van der Waals surface area contributed by atoms with Crippen molar-refractivity contribution in [2.75, 3.05) is 18.8 Å². The van der Waals surface area contributed by atoms with Crippen molar-refractivity contribution in [2.24, 2.45) is 5.73 Å². The van der Waals surface area contributed by atoms with Crippen molar-refractivity contribution in [3.63, 3.8) is 0 Å². The number of benzene rings is 2. The molecule has 0 fully saturated rings. The first-order valence-corrected chi connectivity index (χ1v) is 10.6. The molecule has 0 saturated heterocycles. The quantitative estimate of drug-likeness (QED) is 0.767. The third kappa shape index (κ3) is 3.83. The van der Waals surface area contributed by atoms with E-state index in [-0.39, 0.29) is 9.64 Å². The number of aryl methyl sites for hydroxylation is 1. The van der Waals surface area contributed by atoms with E-state index in [1.165, 1.54) is 0 Å². The highest BCUT2D eigenvalue weighted by molar-refractivity contribution is 7.91. The summed E-state index contributed by atoms with van der Waals surface area (Å²) in [6.45, 7) is 4.31. The number of quaternary nitrogens is 1. The molecule has 0 bridgehead atoms. The fourth-order valence-corrected chi connectivity index (χ4v) is 4.70. The van der Waals surface area contributed by atoms with Crippen LogP contribution in [-0.4, -0.2) is 27.3 Å². The molecule has 0 spiro atoms. The summed E-state index contributed by atoms with van der Waals surface area (Å²) in [5.74, 6) is 1.45. The van der Waals surface area contributed by atoms with Gasteiger partial charge in [0.15, 0.2) is 5.69 Å². The highest BCUT2D eigenvalue weighted by Crippen LogP contribution is 2.34. The van der Waals surface area contributed by atoms with Gasteiger partial charge in [-0.15, -0.1) is 0 Å². The van der Waals surface area contributed by atoms with Crippen LogP contribution in [0.4, 0.5) is 5.69 Å². The molecular formula is C21H25N2O3S+. The van der Waals surface area contributed by atoms with Gasteiger partial charge in [0.2, 0.25) is 0 Å². The standard InChI is InChI=1S/C21H25N2O3S/c1-3-27(24,25)23(13-5-7-18(15-22)16-23)19-9-11-20(12-10-19)26-21-8-4-6-17(2)14-21/h4-12,14,16H,3,13,15,22H2,1-2H3/q+1. The largest absolute Gasteiger partial charge is 0.457 e. The van der Waals surface area contributed by atoms with Crippen LogP contribution >= 0.6 is 0 Å². The van der Waals surface area contributed by atoms with Crippen molar-refractivity contribution in [3.05, 3.63) is 78.0 Å². The first-order valence-electron chi connectivity index (χ1n) is 8.94. The number of ether oxygens (including phenoxy) is 1. The molecule has 0 radical (unpaired) electrons. The third-order valence-corrected chi connectivity index (χ3v) is 6.87. The van der Waals surface area contributed by atoms with E-state index in [0.29, 0.717) is 24.5 Å². The summed E-state index contributed by atoms with van der Waals surface area (Å²) < 4.78 is 31.6. The van der Waals surface area contributed by atoms with Crippen LogP contribution < -0.4 is 14.4 Å². The van der Waals surface area contributed by atoms with E-state index in [2.05, 4.69) is 0 Å². The van der Waals surface area contributed by atoms with E-state index in [9.17, 15) is 8.42 Å². The zero-order valence-electron chi connectivity index (χ0n) is 15.6. The molecule has 2 N–H and O–H groups in total. The van der Waals surface area contributed by atoms with Gasteiger partial charge in [-0.2, -0.15) is 12.3 Å². The molecule has 27 heavy (non-hydrogen) atoms. The first-order chi connectivity index (χ1) is 12.9. The van der Waals surface area contributed by atoms with Crippen LogP contribution in [0.1, 0.15) is 12.5 Å². The average Bonchev–Trinajstić information content (AvgIpc) is 2.68. The maximum absolute atomic E-state index is 13.0. The third-order valence-electron chi connectivity index (χ3n) is 4.68. The van der Waals surface area contributed by atoms with Crippen molar-refractivity contribution in [2.45, 2.75) is 13.8 Å². The van der Waals surface area contributed by atoms with Crippen LogP contribution in [0, 0.1) is 6.92 Å². The van der Waals surface area contributed by atoms with E-state index >= 15 is 0 Å². The van der Waals surface area contributed by atoms with E-state index in [4.69, 9.17) is 10.5 Å². The summed E-state index contributed by atoms with van der Waals surface area (Å²) >= 11 is 0. The Balaban J connectivity index is 1.97. The second-order valence-electron chi connectivity index (χ2n) is 6.57. The first kappa shape index (κ1) is 19.4. The Labute approximate surface area is 161 Å². The van der Waals surface area contributed by atoms with E-state index < -0.39 is 10.0 Å². The molecule has 0 saturated carbocycles. The summed E-state index contributed by atoms with van der Waals surface area (Å²) in [5.41, 5.74) is 8.35. The Hall–Kier alpha value is -2.41. The molecule has 3 rings (SSSR count). The Kier molecular flexibility index (Phi) is 5.51. The van der Waals surface area contributed by atoms with Crippen LogP contribution in [0.2, 0.25) is 0 Å². The molecule has 1 heterocycles. The summed E-state index contributed by atoms with van der Waals surface area (Å²) in [7, 11) is -3.44. The predicted octanol–water partition coefficient (Wildman–Crippen LogP) is 3.86. The van der Waals surface area contributed by atoms with Crippen molar-refractivity contribution in [3.8, 4) is 11.5 Å². The molecule has 1 aliphatic heterocycles. The van der Waals surface area contributed by atoms with Crippen LogP contribution in [-0.2, 0) is 10.0 Å². The van der Waals surface area contributed by atoms with Gasteiger partial charge in [-0.05, 0) is 49.8 Å². The van der Waals surface area contributed by atoms with Crippen LogP contribution in [0.25, 0.3) is 0 Å². The second kappa shape index (κ2) is 7.68. The molecule has 1 unspecified atom stereocenters. The number of nitrogens with two attached hydrogens (primary N) is 1. The molecule has 1 aliphatic rings. The number of hydrogen-bond acceptors (Lipinski definition) is 4. The van der Waals surface area contributed by atoms with E-state index in [1.54, 1.807) is 25.3 Å². The SMILES string of the molecule is CCS(=O)(=O)[N+]1(c2ccc(Oc3cccc(C)c3)cc2)C=C(CN)C=CC1. The monoisotopic (exact) mass is 385 g/mol. The van der Waals surface area contributed by atoms with Gasteiger partial charge < -0.3 is 10.5 Å². The van der Waals surface area contributed by atoms with Crippen molar-refractivity contribution < 1.29 is 13.2 Å². The number of hydrogen-bond donors (Lipinski definition) is 1. The topological polar surface area (TPSA) is 69.4 Å². The number of sulfonamides is 1. The fraction of sp³-hybridized carbons (Fsp3) is 0.238. The lowest BCUT2D eigenvalue weighted by molar-refractivity contribution is 0.480. The number of rotatable bonds is 6. The fourth-order valence-electron chi connectivity index (χ4n) is 3.19. The zero-order chi connectivity index (χ0) is 19.5. The van der Waals surface area contributed by atoms with Crippen LogP contribution in [0.5, 0.6) is 11.5 Å². The normalized spacial score (nSPS) is 19.6. The highest BCUT2D eigenvalue weighted by atomic mass is 32.2. The zero-order valence-corrected chi connectivity index (χ0v) is 16.4. The molecule has 2 aromatic rings. The molecule has 0 aliphatic carbocycles.